The van der Waals surface area contributed by atoms with Gasteiger partial charge in [-0.05, 0) is 55.0 Å². The van der Waals surface area contributed by atoms with Gasteiger partial charge in [0.2, 0.25) is 0 Å². The average Bonchev–Trinajstić information content (AvgIpc) is 3.42. The van der Waals surface area contributed by atoms with Crippen molar-refractivity contribution in [2.45, 2.75) is 63.3 Å². The topological polar surface area (TPSA) is 89.7 Å². The van der Waals surface area contributed by atoms with Crippen LogP contribution in [-0.2, 0) is 11.3 Å². The molecule has 3 aromatic rings. The zero-order chi connectivity index (χ0) is 25.6. The Morgan fingerprint density at radius 2 is 1.81 bits per heavy atom. The van der Waals surface area contributed by atoms with Gasteiger partial charge in [-0.2, -0.15) is 0 Å². The van der Waals surface area contributed by atoms with Crippen molar-refractivity contribution in [1.82, 2.24) is 19.9 Å². The molecule has 8 heteroatoms. The molecule has 0 amide bonds. The summed E-state index contributed by atoms with van der Waals surface area (Å²) < 4.78 is 12.5. The van der Waals surface area contributed by atoms with E-state index in [4.69, 9.17) is 9.47 Å². The van der Waals surface area contributed by atoms with Gasteiger partial charge in [0.1, 0.15) is 18.1 Å². The Morgan fingerprint density at radius 3 is 2.54 bits per heavy atom. The Kier molecular flexibility index (Phi) is 8.16. The van der Waals surface area contributed by atoms with E-state index < -0.39 is 12.1 Å². The van der Waals surface area contributed by atoms with Gasteiger partial charge in [0, 0.05) is 19.1 Å². The van der Waals surface area contributed by atoms with Crippen LogP contribution in [0.1, 0.15) is 72.2 Å². The summed E-state index contributed by atoms with van der Waals surface area (Å²) in [4.78, 5) is 14.8. The van der Waals surface area contributed by atoms with Crippen LogP contribution in [0.3, 0.4) is 0 Å². The second-order valence-corrected chi connectivity index (χ2v) is 10.2. The SMILES string of the molecule is COc1ccc([C@H]2C[C@H](O)[C@@H](n3cc(COC(=O)c4ccccc4)nn3)CN2CC2CCCCC2)cc1. The molecule has 1 N–H and O–H groups in total. The number of aliphatic hydroxyl groups excluding tert-OH is 1. The van der Waals surface area contributed by atoms with Crippen LogP contribution in [-0.4, -0.2) is 57.3 Å². The molecule has 0 unspecified atom stereocenters. The van der Waals surface area contributed by atoms with Crippen molar-refractivity contribution < 1.29 is 19.4 Å². The lowest BCUT2D eigenvalue weighted by Crippen LogP contribution is -2.47. The summed E-state index contributed by atoms with van der Waals surface area (Å²) in [6.07, 6.45) is 8.28. The molecule has 196 valence electrons. The summed E-state index contributed by atoms with van der Waals surface area (Å²) in [7, 11) is 1.67. The van der Waals surface area contributed by atoms with E-state index in [1.165, 1.54) is 37.7 Å². The van der Waals surface area contributed by atoms with Crippen molar-refractivity contribution in [3.05, 3.63) is 77.6 Å². The molecule has 2 aliphatic rings. The van der Waals surface area contributed by atoms with E-state index in [0.29, 0.717) is 30.1 Å². The van der Waals surface area contributed by atoms with Crippen LogP contribution in [0.25, 0.3) is 0 Å². The number of piperidine rings is 1. The number of benzene rings is 2. The number of methoxy groups -OCH3 is 1. The maximum Gasteiger partial charge on any atom is 0.338 e. The molecule has 37 heavy (non-hydrogen) atoms. The second kappa shape index (κ2) is 11.9. The molecule has 0 bridgehead atoms. The second-order valence-electron chi connectivity index (χ2n) is 10.2. The predicted molar refractivity (Wildman–Crippen MR) is 139 cm³/mol. The third-order valence-electron chi connectivity index (χ3n) is 7.75. The summed E-state index contributed by atoms with van der Waals surface area (Å²) in [6.45, 7) is 1.73. The third-order valence-corrected chi connectivity index (χ3v) is 7.75. The van der Waals surface area contributed by atoms with E-state index in [9.17, 15) is 9.90 Å². The van der Waals surface area contributed by atoms with Crippen molar-refractivity contribution in [2.75, 3.05) is 20.2 Å². The molecule has 1 saturated heterocycles. The number of nitrogens with zero attached hydrogens (tertiary/aromatic N) is 4. The van der Waals surface area contributed by atoms with Crippen LogP contribution in [0.5, 0.6) is 5.75 Å². The maximum atomic E-state index is 12.3. The highest BCUT2D eigenvalue weighted by molar-refractivity contribution is 5.89. The number of hydrogen-bond acceptors (Lipinski definition) is 7. The van der Waals surface area contributed by atoms with Gasteiger partial charge in [-0.3, -0.25) is 4.90 Å². The van der Waals surface area contributed by atoms with E-state index in [1.54, 1.807) is 42.3 Å². The first-order chi connectivity index (χ1) is 18.1. The molecule has 3 atom stereocenters. The average molecular weight is 505 g/mol. The zero-order valence-electron chi connectivity index (χ0n) is 21.4. The summed E-state index contributed by atoms with van der Waals surface area (Å²) in [5.74, 6) is 1.11. The Labute approximate surface area is 218 Å². The summed E-state index contributed by atoms with van der Waals surface area (Å²) >= 11 is 0. The fourth-order valence-corrected chi connectivity index (χ4v) is 5.70. The van der Waals surface area contributed by atoms with E-state index in [2.05, 4.69) is 27.3 Å². The molecule has 2 heterocycles. The predicted octanol–water partition coefficient (Wildman–Crippen LogP) is 4.57. The molecule has 0 spiro atoms. The Bertz CT molecular complexity index is 1140. The number of esters is 1. The number of aromatic nitrogens is 3. The van der Waals surface area contributed by atoms with Gasteiger partial charge < -0.3 is 14.6 Å². The lowest BCUT2D eigenvalue weighted by atomic mass is 9.85. The van der Waals surface area contributed by atoms with Gasteiger partial charge >= 0.3 is 5.97 Å². The van der Waals surface area contributed by atoms with Crippen LogP contribution >= 0.6 is 0 Å². The summed E-state index contributed by atoms with van der Waals surface area (Å²) in [6, 6.07) is 17.0. The number of likely N-dealkylation sites (tertiary alicyclic amines) is 1. The first-order valence-corrected chi connectivity index (χ1v) is 13.3. The van der Waals surface area contributed by atoms with Crippen molar-refractivity contribution in [3.63, 3.8) is 0 Å². The van der Waals surface area contributed by atoms with Gasteiger partial charge in [-0.15, -0.1) is 5.10 Å². The molecular weight excluding hydrogens is 468 g/mol. The van der Waals surface area contributed by atoms with E-state index in [0.717, 1.165) is 12.3 Å². The molecule has 1 aliphatic heterocycles. The van der Waals surface area contributed by atoms with Crippen molar-refractivity contribution in [3.8, 4) is 5.75 Å². The molecule has 0 radical (unpaired) electrons. The molecule has 2 aromatic carbocycles. The number of aliphatic hydroxyl groups is 1. The van der Waals surface area contributed by atoms with Gasteiger partial charge in [0.25, 0.3) is 0 Å². The smallest absolute Gasteiger partial charge is 0.338 e. The fraction of sp³-hybridized carbons (Fsp3) is 0.483. The molecule has 1 aromatic heterocycles. The van der Waals surface area contributed by atoms with Crippen LogP contribution in [0.15, 0.2) is 60.8 Å². The number of carbonyl (C=O) groups excluding carboxylic acids is 1. The standard InChI is InChI=1S/C29H36N4O4/c1-36-25-14-12-22(13-15-25)26-16-28(34)27(19-32(26)17-21-8-4-2-5-9-21)33-18-24(30-31-33)20-37-29(35)23-10-6-3-7-11-23/h3,6-7,10-15,18,21,26-28,34H,2,4-5,8-9,16-17,19-20H2,1H3/t26-,27+,28+/m1/s1. The van der Waals surface area contributed by atoms with E-state index >= 15 is 0 Å². The van der Waals surface area contributed by atoms with Crippen molar-refractivity contribution in [2.24, 2.45) is 5.92 Å². The minimum Gasteiger partial charge on any atom is -0.497 e. The number of ether oxygens (including phenoxy) is 2. The summed E-state index contributed by atoms with van der Waals surface area (Å²) in [5, 5.41) is 19.8. The van der Waals surface area contributed by atoms with E-state index in [1.807, 2.05) is 18.2 Å². The fourth-order valence-electron chi connectivity index (χ4n) is 5.70. The minimum absolute atomic E-state index is 0.0385. The number of hydrogen-bond donors (Lipinski definition) is 1. The van der Waals surface area contributed by atoms with Crippen LogP contribution in [0.2, 0.25) is 0 Å². The van der Waals surface area contributed by atoms with Gasteiger partial charge in [-0.25, -0.2) is 9.48 Å². The normalized spacial score (nSPS) is 23.0. The first-order valence-electron chi connectivity index (χ1n) is 13.3. The quantitative estimate of drug-likeness (QED) is 0.449. The van der Waals surface area contributed by atoms with Crippen molar-refractivity contribution in [1.29, 1.82) is 0 Å². The zero-order valence-corrected chi connectivity index (χ0v) is 21.4. The molecular formula is C29H36N4O4. The maximum absolute atomic E-state index is 12.3. The molecule has 8 nitrogen and oxygen atoms in total. The Hall–Kier alpha value is -3.23. The highest BCUT2D eigenvalue weighted by Gasteiger charge is 2.38. The number of rotatable bonds is 8. The monoisotopic (exact) mass is 504 g/mol. The Morgan fingerprint density at radius 1 is 1.05 bits per heavy atom. The molecule has 2 fully saturated rings. The van der Waals surface area contributed by atoms with Crippen LogP contribution < -0.4 is 4.74 Å². The van der Waals surface area contributed by atoms with Gasteiger partial charge in [0.15, 0.2) is 0 Å². The van der Waals surface area contributed by atoms with Crippen molar-refractivity contribution >= 4 is 5.97 Å². The van der Waals surface area contributed by atoms with Gasteiger partial charge in [0.05, 0.1) is 31.0 Å². The molecule has 5 rings (SSSR count). The first kappa shape index (κ1) is 25.4. The lowest BCUT2D eigenvalue weighted by Gasteiger charge is -2.44. The van der Waals surface area contributed by atoms with Crippen LogP contribution in [0, 0.1) is 5.92 Å². The van der Waals surface area contributed by atoms with Crippen LogP contribution in [0.4, 0.5) is 0 Å². The van der Waals surface area contributed by atoms with E-state index in [-0.39, 0.29) is 18.7 Å². The largest absolute Gasteiger partial charge is 0.497 e. The Balaban J connectivity index is 1.29. The number of carbonyl (C=O) groups is 1. The highest BCUT2D eigenvalue weighted by atomic mass is 16.5. The molecule has 1 aliphatic carbocycles. The molecule has 1 saturated carbocycles. The highest BCUT2D eigenvalue weighted by Crippen LogP contribution is 2.38. The third kappa shape index (κ3) is 6.19. The minimum atomic E-state index is -0.573. The van der Waals surface area contributed by atoms with Gasteiger partial charge in [-0.1, -0.05) is 54.8 Å². The summed E-state index contributed by atoms with van der Waals surface area (Å²) in [5.41, 5.74) is 2.26. The lowest BCUT2D eigenvalue weighted by molar-refractivity contribution is -0.0154.